The number of aliphatic hydroxyl groups excluding tert-OH is 1. The van der Waals surface area contributed by atoms with Gasteiger partial charge in [-0.3, -0.25) is 9.69 Å². The average molecular weight is 346 g/mol. The minimum Gasteiger partial charge on any atom is -0.467 e. The maximum Gasteiger partial charge on any atom is 0.413 e. The molecule has 0 unspecified atom stereocenters. The first-order valence-electron chi connectivity index (χ1n) is 7.58. The summed E-state index contributed by atoms with van der Waals surface area (Å²) in [5.41, 5.74) is -1.79. The van der Waals surface area contributed by atoms with Gasteiger partial charge in [0.2, 0.25) is 5.91 Å². The van der Waals surface area contributed by atoms with Gasteiger partial charge in [-0.15, -0.1) is 0 Å². The molecule has 2 N–H and O–H groups in total. The van der Waals surface area contributed by atoms with Gasteiger partial charge in [-0.1, -0.05) is 0 Å². The molecule has 1 fully saturated rings. The van der Waals surface area contributed by atoms with Crippen LogP contribution in [-0.2, 0) is 23.8 Å². The number of rotatable bonds is 4. The van der Waals surface area contributed by atoms with E-state index in [9.17, 15) is 19.5 Å². The van der Waals surface area contributed by atoms with Gasteiger partial charge in [0.1, 0.15) is 17.4 Å². The largest absolute Gasteiger partial charge is 0.467 e. The average Bonchev–Trinajstić information content (AvgIpc) is 2.77. The van der Waals surface area contributed by atoms with E-state index in [1.54, 1.807) is 34.6 Å². The summed E-state index contributed by atoms with van der Waals surface area (Å²) in [5, 5.41) is 11.5. The van der Waals surface area contributed by atoms with Crippen molar-refractivity contribution < 1.29 is 33.7 Å². The summed E-state index contributed by atoms with van der Waals surface area (Å²) >= 11 is 0. The number of carbonyl (C=O) groups is 3. The van der Waals surface area contributed by atoms with Gasteiger partial charge in [0.15, 0.2) is 6.04 Å². The zero-order valence-electron chi connectivity index (χ0n) is 14.9. The third-order valence-electron chi connectivity index (χ3n) is 3.36. The highest BCUT2D eigenvalue weighted by atomic mass is 16.6. The van der Waals surface area contributed by atoms with Crippen molar-refractivity contribution in [2.24, 2.45) is 0 Å². The lowest BCUT2D eigenvalue weighted by Gasteiger charge is -2.34. The molecule has 2 atom stereocenters. The zero-order chi connectivity index (χ0) is 18.7. The minimum absolute atomic E-state index is 0.0581. The topological polar surface area (TPSA) is 114 Å². The third kappa shape index (κ3) is 4.81. The van der Waals surface area contributed by atoms with Gasteiger partial charge in [-0.2, -0.15) is 0 Å². The van der Waals surface area contributed by atoms with Crippen molar-refractivity contribution in [1.82, 2.24) is 10.2 Å². The van der Waals surface area contributed by atoms with Gasteiger partial charge < -0.3 is 24.6 Å². The standard InChI is InChI=1S/C15H26N2O7/c1-14(2,3)24-13(21)17-10(8-23-15(17,4)5)11(19)16-9(7-18)12(20)22-6/h9-10,18H,7-8H2,1-6H3,(H,16,19)/t9-,10-/m0/s1. The number of ether oxygens (including phenoxy) is 3. The molecule has 1 aliphatic rings. The second kappa shape index (κ2) is 7.35. The molecule has 1 saturated heterocycles. The van der Waals surface area contributed by atoms with Crippen molar-refractivity contribution in [1.29, 1.82) is 0 Å². The van der Waals surface area contributed by atoms with Crippen LogP contribution in [0.3, 0.4) is 0 Å². The fourth-order valence-corrected chi connectivity index (χ4v) is 2.24. The third-order valence-corrected chi connectivity index (χ3v) is 3.36. The van der Waals surface area contributed by atoms with Crippen molar-refractivity contribution >= 4 is 18.0 Å². The van der Waals surface area contributed by atoms with Crippen molar-refractivity contribution in [2.75, 3.05) is 20.3 Å². The van der Waals surface area contributed by atoms with Crippen LogP contribution in [0, 0.1) is 0 Å². The number of methoxy groups -OCH3 is 1. The summed E-state index contributed by atoms with van der Waals surface area (Å²) in [4.78, 5) is 37.6. The number of amides is 2. The molecule has 138 valence electrons. The molecule has 24 heavy (non-hydrogen) atoms. The molecule has 9 nitrogen and oxygen atoms in total. The summed E-state index contributed by atoms with van der Waals surface area (Å²) in [7, 11) is 1.14. The number of nitrogens with one attached hydrogen (secondary N) is 1. The van der Waals surface area contributed by atoms with E-state index in [4.69, 9.17) is 9.47 Å². The Bertz CT molecular complexity index is 499. The number of nitrogens with zero attached hydrogens (tertiary/aromatic N) is 1. The van der Waals surface area contributed by atoms with Crippen LogP contribution in [0.15, 0.2) is 0 Å². The van der Waals surface area contributed by atoms with Crippen molar-refractivity contribution in [3.05, 3.63) is 0 Å². The quantitative estimate of drug-likeness (QED) is 0.689. The highest BCUT2D eigenvalue weighted by molar-refractivity contribution is 5.90. The predicted molar refractivity (Wildman–Crippen MR) is 82.9 cm³/mol. The molecule has 1 aliphatic heterocycles. The Kier molecular flexibility index (Phi) is 6.18. The molecule has 0 aliphatic carbocycles. The number of hydrogen-bond acceptors (Lipinski definition) is 7. The van der Waals surface area contributed by atoms with Gasteiger partial charge in [0.25, 0.3) is 0 Å². The molecule has 9 heteroatoms. The second-order valence-electron chi connectivity index (χ2n) is 6.89. The molecule has 0 aromatic carbocycles. The van der Waals surface area contributed by atoms with Crippen LogP contribution in [0.25, 0.3) is 0 Å². The Balaban J connectivity index is 2.93. The van der Waals surface area contributed by atoms with E-state index >= 15 is 0 Å². The fraction of sp³-hybridized carbons (Fsp3) is 0.800. The summed E-state index contributed by atoms with van der Waals surface area (Å²) in [6.45, 7) is 7.72. The Hall–Kier alpha value is -1.87. The molecule has 0 bridgehead atoms. The van der Waals surface area contributed by atoms with Crippen LogP contribution >= 0.6 is 0 Å². The summed E-state index contributed by atoms with van der Waals surface area (Å²) in [5.74, 6) is -1.43. The van der Waals surface area contributed by atoms with E-state index in [1.165, 1.54) is 4.90 Å². The van der Waals surface area contributed by atoms with Crippen molar-refractivity contribution in [3.8, 4) is 0 Å². The number of hydrogen-bond donors (Lipinski definition) is 2. The van der Waals surface area contributed by atoms with Crippen LogP contribution in [0.1, 0.15) is 34.6 Å². The van der Waals surface area contributed by atoms with E-state index in [1.807, 2.05) is 0 Å². The van der Waals surface area contributed by atoms with Gasteiger partial charge in [0.05, 0.1) is 20.3 Å². The van der Waals surface area contributed by atoms with Crippen molar-refractivity contribution in [3.63, 3.8) is 0 Å². The molecule has 1 rings (SSSR count). The first-order chi connectivity index (χ1) is 10.9. The lowest BCUT2D eigenvalue weighted by Crippen LogP contribution is -2.57. The first-order valence-corrected chi connectivity index (χ1v) is 7.58. The highest BCUT2D eigenvalue weighted by Gasteiger charge is 2.49. The van der Waals surface area contributed by atoms with E-state index in [0.717, 1.165) is 7.11 Å². The van der Waals surface area contributed by atoms with Crippen molar-refractivity contribution in [2.45, 2.75) is 58.0 Å². The van der Waals surface area contributed by atoms with Gasteiger partial charge in [0, 0.05) is 0 Å². The molecule has 0 saturated carbocycles. The van der Waals surface area contributed by atoms with E-state index in [0.29, 0.717) is 0 Å². The lowest BCUT2D eigenvalue weighted by atomic mass is 10.2. The summed E-state index contributed by atoms with van der Waals surface area (Å²) in [6.07, 6.45) is -0.705. The molecule has 2 amide bonds. The lowest BCUT2D eigenvalue weighted by molar-refractivity contribution is -0.146. The minimum atomic E-state index is -1.22. The smallest absolute Gasteiger partial charge is 0.413 e. The monoisotopic (exact) mass is 346 g/mol. The molecular formula is C15H26N2O7. The molecule has 0 radical (unpaired) electrons. The summed E-state index contributed by atoms with van der Waals surface area (Å²) < 4.78 is 15.3. The Morgan fingerprint density at radius 3 is 2.42 bits per heavy atom. The SMILES string of the molecule is COC(=O)[C@H](CO)NC(=O)[C@@H]1COC(C)(C)N1C(=O)OC(C)(C)C. The second-order valence-corrected chi connectivity index (χ2v) is 6.89. The number of aliphatic hydroxyl groups is 1. The van der Waals surface area contributed by atoms with E-state index in [-0.39, 0.29) is 6.61 Å². The van der Waals surface area contributed by atoms with Crippen LogP contribution in [-0.4, -0.2) is 71.7 Å². The number of esters is 1. The van der Waals surface area contributed by atoms with Gasteiger partial charge in [-0.25, -0.2) is 9.59 Å². The Morgan fingerprint density at radius 2 is 1.96 bits per heavy atom. The van der Waals surface area contributed by atoms with Crippen LogP contribution in [0.5, 0.6) is 0 Å². The Morgan fingerprint density at radius 1 is 1.38 bits per heavy atom. The predicted octanol–water partition coefficient (Wildman–Crippen LogP) is 0.00850. The van der Waals surface area contributed by atoms with E-state index < -0.39 is 48.0 Å². The normalized spacial score (nSPS) is 21.1. The molecular weight excluding hydrogens is 320 g/mol. The van der Waals surface area contributed by atoms with E-state index in [2.05, 4.69) is 10.1 Å². The van der Waals surface area contributed by atoms with Crippen LogP contribution < -0.4 is 5.32 Å². The maximum atomic E-state index is 12.4. The highest BCUT2D eigenvalue weighted by Crippen LogP contribution is 2.29. The maximum absolute atomic E-state index is 12.4. The summed E-state index contributed by atoms with van der Waals surface area (Å²) in [6, 6.07) is -2.21. The molecule has 1 heterocycles. The fourth-order valence-electron chi connectivity index (χ4n) is 2.24. The zero-order valence-corrected chi connectivity index (χ0v) is 14.9. The van der Waals surface area contributed by atoms with Crippen LogP contribution in [0.4, 0.5) is 4.79 Å². The molecule has 0 aromatic heterocycles. The first kappa shape index (κ1) is 20.2. The Labute approximate surface area is 141 Å². The van der Waals surface area contributed by atoms with Gasteiger partial charge >= 0.3 is 12.1 Å². The van der Waals surface area contributed by atoms with Crippen LogP contribution in [0.2, 0.25) is 0 Å². The number of carbonyl (C=O) groups excluding carboxylic acids is 3. The van der Waals surface area contributed by atoms with Gasteiger partial charge in [-0.05, 0) is 34.6 Å². The molecule has 0 spiro atoms. The molecule has 0 aromatic rings.